The van der Waals surface area contributed by atoms with Gasteiger partial charge in [-0.2, -0.15) is 13.2 Å². The zero-order chi connectivity index (χ0) is 16.5. The molecule has 0 aliphatic carbocycles. The van der Waals surface area contributed by atoms with Gasteiger partial charge < -0.3 is 5.32 Å². The van der Waals surface area contributed by atoms with Gasteiger partial charge in [-0.15, -0.1) is 0 Å². The molecule has 0 spiro atoms. The van der Waals surface area contributed by atoms with Crippen molar-refractivity contribution in [2.24, 2.45) is 0 Å². The molecule has 1 N–H and O–H groups in total. The summed E-state index contributed by atoms with van der Waals surface area (Å²) in [6.07, 6.45) is -4.54. The Kier molecular flexibility index (Phi) is 4.42. The molecule has 22 heavy (non-hydrogen) atoms. The molecule has 0 radical (unpaired) electrons. The summed E-state index contributed by atoms with van der Waals surface area (Å²) < 4.78 is 52.1. The molecule has 2 aromatic rings. The van der Waals surface area contributed by atoms with E-state index in [-0.39, 0.29) is 16.3 Å². The Morgan fingerprint density at radius 3 is 2.45 bits per heavy atom. The lowest BCUT2D eigenvalue weighted by Gasteiger charge is -2.13. The summed E-state index contributed by atoms with van der Waals surface area (Å²) >= 11 is 5.74. The third-order valence-corrected chi connectivity index (χ3v) is 3.31. The van der Waals surface area contributed by atoms with Gasteiger partial charge in [-0.25, -0.2) is 4.39 Å². The predicted octanol–water partition coefficient (Wildman–Crippen LogP) is 5.06. The molecule has 116 valence electrons. The molecule has 0 fully saturated rings. The lowest BCUT2D eigenvalue weighted by Crippen LogP contribution is -2.15. The van der Waals surface area contributed by atoms with Crippen LogP contribution in [0.15, 0.2) is 36.4 Å². The van der Waals surface area contributed by atoms with Crippen LogP contribution >= 0.6 is 11.6 Å². The predicted molar refractivity (Wildman–Crippen MR) is 75.5 cm³/mol. The summed E-state index contributed by atoms with van der Waals surface area (Å²) in [5.41, 5.74) is -1.36. The Hall–Kier alpha value is -2.08. The van der Waals surface area contributed by atoms with Crippen LogP contribution in [0.5, 0.6) is 0 Å². The molecule has 2 aromatic carbocycles. The average Bonchev–Trinajstić information content (AvgIpc) is 2.39. The summed E-state index contributed by atoms with van der Waals surface area (Å²) in [7, 11) is 0. The number of aryl methyl sites for hydroxylation is 1. The third kappa shape index (κ3) is 3.39. The van der Waals surface area contributed by atoms with Crippen molar-refractivity contribution in [2.45, 2.75) is 13.1 Å². The first-order valence-electron chi connectivity index (χ1n) is 6.13. The fourth-order valence-electron chi connectivity index (χ4n) is 1.91. The highest BCUT2D eigenvalue weighted by molar-refractivity contribution is 6.34. The maximum absolute atomic E-state index is 13.6. The zero-order valence-electron chi connectivity index (χ0n) is 11.3. The topological polar surface area (TPSA) is 29.1 Å². The second-order valence-electron chi connectivity index (χ2n) is 4.58. The lowest BCUT2D eigenvalue weighted by molar-refractivity contribution is -0.138. The van der Waals surface area contributed by atoms with E-state index in [1.807, 2.05) is 0 Å². The van der Waals surface area contributed by atoms with Crippen LogP contribution in [0.2, 0.25) is 5.02 Å². The fourth-order valence-corrected chi connectivity index (χ4v) is 2.16. The molecule has 1 amide bonds. The molecule has 7 heteroatoms. The second-order valence-corrected chi connectivity index (χ2v) is 4.99. The van der Waals surface area contributed by atoms with Gasteiger partial charge in [-0.1, -0.05) is 23.7 Å². The molecule has 0 saturated heterocycles. The molecular formula is C15H10ClF4NO. The van der Waals surface area contributed by atoms with Crippen LogP contribution in [0.25, 0.3) is 0 Å². The van der Waals surface area contributed by atoms with Gasteiger partial charge in [0, 0.05) is 5.69 Å². The van der Waals surface area contributed by atoms with Gasteiger partial charge in [0.15, 0.2) is 0 Å². The van der Waals surface area contributed by atoms with Crippen LogP contribution in [-0.4, -0.2) is 5.91 Å². The van der Waals surface area contributed by atoms with Crippen LogP contribution in [0.4, 0.5) is 23.2 Å². The number of carbonyl (C=O) groups excluding carboxylic acids is 1. The molecule has 0 aliphatic heterocycles. The number of benzene rings is 2. The zero-order valence-corrected chi connectivity index (χ0v) is 12.0. The highest BCUT2D eigenvalue weighted by atomic mass is 35.5. The fraction of sp³-hybridized carbons (Fsp3) is 0.133. The van der Waals surface area contributed by atoms with Gasteiger partial charge in [-0.05, 0) is 36.8 Å². The summed E-state index contributed by atoms with van der Waals surface area (Å²) in [6, 6.07) is 7.00. The number of carbonyl (C=O) groups is 1. The van der Waals surface area contributed by atoms with E-state index in [1.54, 1.807) is 0 Å². The van der Waals surface area contributed by atoms with Gasteiger partial charge in [0.1, 0.15) is 5.82 Å². The Morgan fingerprint density at radius 2 is 1.86 bits per heavy atom. The Balaban J connectivity index is 2.34. The van der Waals surface area contributed by atoms with Crippen molar-refractivity contribution < 1.29 is 22.4 Å². The normalized spacial score (nSPS) is 11.4. The molecule has 2 rings (SSSR count). The second kappa shape index (κ2) is 5.96. The number of hydrogen-bond donors (Lipinski definition) is 1. The average molecular weight is 332 g/mol. The van der Waals surface area contributed by atoms with E-state index in [0.29, 0.717) is 0 Å². The van der Waals surface area contributed by atoms with Crippen molar-refractivity contribution in [2.75, 3.05) is 5.32 Å². The maximum atomic E-state index is 13.6. The van der Waals surface area contributed by atoms with Gasteiger partial charge in [0.2, 0.25) is 0 Å². The molecule has 0 atom stereocenters. The number of halogens is 5. The number of amides is 1. The maximum Gasteiger partial charge on any atom is 0.416 e. The highest BCUT2D eigenvalue weighted by Crippen LogP contribution is 2.33. The van der Waals surface area contributed by atoms with E-state index >= 15 is 0 Å². The SMILES string of the molecule is Cc1ccc(NC(=O)c2c(F)cccc2Cl)cc1C(F)(F)F. The number of rotatable bonds is 2. The van der Waals surface area contributed by atoms with Crippen molar-refractivity contribution in [3.05, 3.63) is 63.9 Å². The van der Waals surface area contributed by atoms with Crippen LogP contribution in [0.1, 0.15) is 21.5 Å². The van der Waals surface area contributed by atoms with Crippen molar-refractivity contribution in [1.82, 2.24) is 0 Å². The van der Waals surface area contributed by atoms with Gasteiger partial charge >= 0.3 is 6.18 Å². The first kappa shape index (κ1) is 16.3. The van der Waals surface area contributed by atoms with E-state index in [2.05, 4.69) is 5.32 Å². The van der Waals surface area contributed by atoms with Gasteiger partial charge in [0.05, 0.1) is 16.1 Å². The highest BCUT2D eigenvalue weighted by Gasteiger charge is 2.32. The molecule has 2 nitrogen and oxygen atoms in total. The summed E-state index contributed by atoms with van der Waals surface area (Å²) in [6.45, 7) is 1.31. The smallest absolute Gasteiger partial charge is 0.322 e. The minimum absolute atomic E-state index is 0.0226. The van der Waals surface area contributed by atoms with Gasteiger partial charge in [0.25, 0.3) is 5.91 Å². The first-order chi connectivity index (χ1) is 10.2. The van der Waals surface area contributed by atoms with E-state index in [4.69, 9.17) is 11.6 Å². The first-order valence-corrected chi connectivity index (χ1v) is 6.51. The number of hydrogen-bond acceptors (Lipinski definition) is 1. The minimum atomic E-state index is -4.54. The summed E-state index contributed by atoms with van der Waals surface area (Å²) in [5.74, 6) is -1.77. The molecule has 0 unspecified atom stereocenters. The molecule has 0 bridgehead atoms. The lowest BCUT2D eigenvalue weighted by atomic mass is 10.1. The monoisotopic (exact) mass is 331 g/mol. The van der Waals surface area contributed by atoms with Crippen LogP contribution in [0, 0.1) is 12.7 Å². The summed E-state index contributed by atoms with van der Waals surface area (Å²) in [4.78, 5) is 12.0. The Bertz CT molecular complexity index is 708. The largest absolute Gasteiger partial charge is 0.416 e. The molecule has 0 saturated carbocycles. The van der Waals surface area contributed by atoms with E-state index in [1.165, 1.54) is 31.2 Å². The third-order valence-electron chi connectivity index (χ3n) is 2.99. The van der Waals surface area contributed by atoms with E-state index in [0.717, 1.165) is 12.1 Å². The van der Waals surface area contributed by atoms with Crippen molar-refractivity contribution >= 4 is 23.2 Å². The number of anilines is 1. The van der Waals surface area contributed by atoms with Crippen molar-refractivity contribution in [1.29, 1.82) is 0 Å². The van der Waals surface area contributed by atoms with Crippen LogP contribution in [0.3, 0.4) is 0 Å². The van der Waals surface area contributed by atoms with Crippen molar-refractivity contribution in [3.8, 4) is 0 Å². The number of nitrogens with one attached hydrogen (secondary N) is 1. The minimum Gasteiger partial charge on any atom is -0.322 e. The summed E-state index contributed by atoms with van der Waals surface area (Å²) in [5, 5.41) is 2.09. The molecule has 0 aromatic heterocycles. The van der Waals surface area contributed by atoms with Crippen molar-refractivity contribution in [3.63, 3.8) is 0 Å². The Morgan fingerprint density at radius 1 is 1.18 bits per heavy atom. The Labute approximate surface area is 128 Å². The number of alkyl halides is 3. The molecule has 0 heterocycles. The molecular weight excluding hydrogens is 322 g/mol. The van der Waals surface area contributed by atoms with Gasteiger partial charge in [-0.3, -0.25) is 4.79 Å². The molecule has 0 aliphatic rings. The standard InChI is InChI=1S/C15H10ClF4NO/c1-8-5-6-9(7-10(8)15(18,19)20)21-14(22)13-11(16)3-2-4-12(13)17/h2-7H,1H3,(H,21,22). The van der Waals surface area contributed by atoms with Crippen LogP contribution < -0.4 is 5.32 Å². The quantitative estimate of drug-likeness (QED) is 0.766. The van der Waals surface area contributed by atoms with E-state index in [9.17, 15) is 22.4 Å². The van der Waals surface area contributed by atoms with E-state index < -0.39 is 29.0 Å². The van der Waals surface area contributed by atoms with Crippen LogP contribution in [-0.2, 0) is 6.18 Å².